The summed E-state index contributed by atoms with van der Waals surface area (Å²) in [5.41, 5.74) is -1.03. The summed E-state index contributed by atoms with van der Waals surface area (Å²) in [6.45, 7) is 8.09. The summed E-state index contributed by atoms with van der Waals surface area (Å²) in [6.07, 6.45) is 2.52. The maximum absolute atomic E-state index is 12.2. The maximum Gasteiger partial charge on any atom is 0.329 e. The Labute approximate surface area is 126 Å². The van der Waals surface area contributed by atoms with Crippen molar-refractivity contribution in [3.05, 3.63) is 0 Å². The number of likely N-dealkylation sites (tertiary alicyclic amines) is 1. The first kappa shape index (κ1) is 17.8. The summed E-state index contributed by atoms with van der Waals surface area (Å²) in [7, 11) is 0. The third-order valence-electron chi connectivity index (χ3n) is 3.77. The Bertz CT molecular complexity index is 360. The SMILES string of the molecule is CCCC1(C(=O)O)CCCN1C(=O)NCCOCC(C)C. The van der Waals surface area contributed by atoms with Crippen LogP contribution in [0.4, 0.5) is 4.79 Å². The summed E-state index contributed by atoms with van der Waals surface area (Å²) in [4.78, 5) is 25.4. The standard InChI is InChI=1S/C15H28N2O4/c1-4-6-15(13(18)19)7-5-9-17(15)14(20)16-8-10-21-11-12(2)3/h12H,4-11H2,1-3H3,(H,16,20)(H,18,19). The summed E-state index contributed by atoms with van der Waals surface area (Å²) in [5.74, 6) is -0.434. The van der Waals surface area contributed by atoms with E-state index >= 15 is 0 Å². The van der Waals surface area contributed by atoms with E-state index in [4.69, 9.17) is 4.74 Å². The lowest BCUT2D eigenvalue weighted by Crippen LogP contribution is -2.56. The zero-order valence-corrected chi connectivity index (χ0v) is 13.4. The molecule has 2 amide bonds. The molecule has 1 fully saturated rings. The molecule has 122 valence electrons. The number of carboxylic acid groups (broad SMARTS) is 1. The number of nitrogens with zero attached hydrogens (tertiary/aromatic N) is 1. The molecule has 0 spiro atoms. The summed E-state index contributed by atoms with van der Waals surface area (Å²) < 4.78 is 5.41. The van der Waals surface area contributed by atoms with Crippen LogP contribution < -0.4 is 5.32 Å². The van der Waals surface area contributed by atoms with Gasteiger partial charge in [-0.1, -0.05) is 27.2 Å². The minimum atomic E-state index is -1.03. The molecule has 1 atom stereocenters. The molecule has 6 nitrogen and oxygen atoms in total. The van der Waals surface area contributed by atoms with Crippen molar-refractivity contribution < 1.29 is 19.4 Å². The van der Waals surface area contributed by atoms with Crippen molar-refractivity contribution in [1.82, 2.24) is 10.2 Å². The second-order valence-electron chi connectivity index (χ2n) is 6.04. The van der Waals surface area contributed by atoms with Crippen LogP contribution in [0, 0.1) is 5.92 Å². The first-order chi connectivity index (χ1) is 9.94. The molecule has 0 aromatic carbocycles. The van der Waals surface area contributed by atoms with Crippen LogP contribution in [0.25, 0.3) is 0 Å². The third kappa shape index (κ3) is 4.59. The van der Waals surface area contributed by atoms with E-state index in [0.29, 0.717) is 45.1 Å². The van der Waals surface area contributed by atoms with Crippen LogP contribution in [0.2, 0.25) is 0 Å². The van der Waals surface area contributed by atoms with E-state index in [0.717, 1.165) is 12.8 Å². The molecule has 2 N–H and O–H groups in total. The van der Waals surface area contributed by atoms with Crippen molar-refractivity contribution in [2.75, 3.05) is 26.3 Å². The predicted molar refractivity (Wildman–Crippen MR) is 80.3 cm³/mol. The molecule has 0 radical (unpaired) electrons. The van der Waals surface area contributed by atoms with Gasteiger partial charge in [0.15, 0.2) is 0 Å². The van der Waals surface area contributed by atoms with Crippen molar-refractivity contribution in [3.8, 4) is 0 Å². The molecular formula is C15H28N2O4. The van der Waals surface area contributed by atoms with E-state index in [1.807, 2.05) is 6.92 Å². The van der Waals surface area contributed by atoms with Crippen molar-refractivity contribution in [2.24, 2.45) is 5.92 Å². The highest BCUT2D eigenvalue weighted by Gasteiger charge is 2.49. The second kappa shape index (κ2) is 8.22. The molecule has 1 heterocycles. The molecule has 1 saturated heterocycles. The number of aliphatic carboxylic acids is 1. The first-order valence-electron chi connectivity index (χ1n) is 7.80. The van der Waals surface area contributed by atoms with E-state index in [1.165, 1.54) is 4.90 Å². The summed E-state index contributed by atoms with van der Waals surface area (Å²) in [6, 6.07) is -0.295. The van der Waals surface area contributed by atoms with Crippen LogP contribution in [0.15, 0.2) is 0 Å². The second-order valence-corrected chi connectivity index (χ2v) is 6.04. The van der Waals surface area contributed by atoms with E-state index in [9.17, 15) is 14.7 Å². The minimum absolute atomic E-state index is 0.295. The van der Waals surface area contributed by atoms with Crippen molar-refractivity contribution in [3.63, 3.8) is 0 Å². The number of amides is 2. The van der Waals surface area contributed by atoms with Crippen LogP contribution in [-0.4, -0.2) is 53.8 Å². The molecular weight excluding hydrogens is 272 g/mol. The van der Waals surface area contributed by atoms with Crippen LogP contribution in [-0.2, 0) is 9.53 Å². The van der Waals surface area contributed by atoms with Gasteiger partial charge in [0.25, 0.3) is 0 Å². The number of carboxylic acids is 1. The number of nitrogens with one attached hydrogen (secondary N) is 1. The molecule has 0 aromatic rings. The van der Waals surface area contributed by atoms with Crippen LogP contribution in [0.5, 0.6) is 0 Å². The van der Waals surface area contributed by atoms with E-state index in [2.05, 4.69) is 19.2 Å². The Morgan fingerprint density at radius 1 is 1.43 bits per heavy atom. The predicted octanol–water partition coefficient (Wildman–Crippen LogP) is 2.09. The van der Waals surface area contributed by atoms with Gasteiger partial charge in [-0.2, -0.15) is 0 Å². The number of carbonyl (C=O) groups is 2. The number of carbonyl (C=O) groups excluding carboxylic acids is 1. The van der Waals surface area contributed by atoms with Crippen molar-refractivity contribution in [1.29, 1.82) is 0 Å². The van der Waals surface area contributed by atoms with Gasteiger partial charge in [-0.05, 0) is 25.2 Å². The van der Waals surface area contributed by atoms with Crippen molar-refractivity contribution >= 4 is 12.0 Å². The first-order valence-corrected chi connectivity index (χ1v) is 7.80. The topological polar surface area (TPSA) is 78.9 Å². The lowest BCUT2D eigenvalue weighted by atomic mass is 9.91. The molecule has 0 bridgehead atoms. The number of ether oxygens (including phenoxy) is 1. The smallest absolute Gasteiger partial charge is 0.329 e. The zero-order valence-electron chi connectivity index (χ0n) is 13.4. The highest BCUT2D eigenvalue weighted by atomic mass is 16.5. The van der Waals surface area contributed by atoms with Gasteiger partial charge in [-0.3, -0.25) is 0 Å². The lowest BCUT2D eigenvalue weighted by molar-refractivity contribution is -0.148. The van der Waals surface area contributed by atoms with E-state index in [-0.39, 0.29) is 6.03 Å². The fourth-order valence-corrected chi connectivity index (χ4v) is 2.82. The van der Waals surface area contributed by atoms with Gasteiger partial charge in [-0.15, -0.1) is 0 Å². The van der Waals surface area contributed by atoms with Gasteiger partial charge in [-0.25, -0.2) is 9.59 Å². The fourth-order valence-electron chi connectivity index (χ4n) is 2.82. The van der Waals surface area contributed by atoms with Crippen LogP contribution in [0.3, 0.4) is 0 Å². The molecule has 0 aromatic heterocycles. The Morgan fingerprint density at radius 2 is 2.14 bits per heavy atom. The minimum Gasteiger partial charge on any atom is -0.479 e. The average Bonchev–Trinajstić information content (AvgIpc) is 2.83. The molecule has 6 heteroatoms. The van der Waals surface area contributed by atoms with Gasteiger partial charge < -0.3 is 20.1 Å². The zero-order chi connectivity index (χ0) is 15.9. The van der Waals surface area contributed by atoms with Crippen molar-refractivity contribution in [2.45, 2.75) is 52.0 Å². The molecule has 21 heavy (non-hydrogen) atoms. The van der Waals surface area contributed by atoms with Gasteiger partial charge in [0.1, 0.15) is 5.54 Å². The normalized spacial score (nSPS) is 21.8. The van der Waals surface area contributed by atoms with Crippen LogP contribution in [0.1, 0.15) is 46.5 Å². The highest BCUT2D eigenvalue weighted by molar-refractivity contribution is 5.87. The molecule has 1 rings (SSSR count). The highest BCUT2D eigenvalue weighted by Crippen LogP contribution is 2.33. The Balaban J connectivity index is 2.50. The molecule has 1 aliphatic rings. The lowest BCUT2D eigenvalue weighted by Gasteiger charge is -2.34. The number of hydrogen-bond donors (Lipinski definition) is 2. The molecule has 0 saturated carbocycles. The average molecular weight is 300 g/mol. The summed E-state index contributed by atoms with van der Waals surface area (Å²) in [5, 5.41) is 12.3. The maximum atomic E-state index is 12.2. The third-order valence-corrected chi connectivity index (χ3v) is 3.77. The monoisotopic (exact) mass is 300 g/mol. The van der Waals surface area contributed by atoms with Gasteiger partial charge in [0.05, 0.1) is 6.61 Å². The van der Waals surface area contributed by atoms with E-state index in [1.54, 1.807) is 0 Å². The summed E-state index contributed by atoms with van der Waals surface area (Å²) >= 11 is 0. The number of hydrogen-bond acceptors (Lipinski definition) is 3. The van der Waals surface area contributed by atoms with E-state index < -0.39 is 11.5 Å². The largest absolute Gasteiger partial charge is 0.479 e. The Kier molecular flexibility index (Phi) is 6.95. The van der Waals surface area contributed by atoms with Gasteiger partial charge >= 0.3 is 12.0 Å². The number of urea groups is 1. The molecule has 1 unspecified atom stereocenters. The Hall–Kier alpha value is -1.30. The van der Waals surface area contributed by atoms with Gasteiger partial charge in [0, 0.05) is 19.7 Å². The quantitative estimate of drug-likeness (QED) is 0.673. The fraction of sp³-hybridized carbons (Fsp3) is 0.867. The van der Waals surface area contributed by atoms with Crippen LogP contribution >= 0.6 is 0 Å². The molecule has 1 aliphatic heterocycles. The van der Waals surface area contributed by atoms with Gasteiger partial charge in [0.2, 0.25) is 0 Å². The number of rotatable bonds is 8. The Morgan fingerprint density at radius 3 is 2.71 bits per heavy atom. The molecule has 0 aliphatic carbocycles.